The average molecular weight is 416 g/mol. The minimum absolute atomic E-state index is 0.215. The lowest BCUT2D eigenvalue weighted by Gasteiger charge is -2.23. The summed E-state index contributed by atoms with van der Waals surface area (Å²) in [7, 11) is 0. The summed E-state index contributed by atoms with van der Waals surface area (Å²) in [6, 6.07) is 3.16. The molecule has 0 fully saturated rings. The zero-order valence-electron chi connectivity index (χ0n) is 17.6. The van der Waals surface area contributed by atoms with Crippen LogP contribution in [-0.4, -0.2) is 41.2 Å². The molecule has 2 N–H and O–H groups in total. The number of fused-ring (bicyclic) bond motifs is 1. The maximum Gasteiger partial charge on any atom is 0.269 e. The van der Waals surface area contributed by atoms with Crippen molar-refractivity contribution in [3.05, 3.63) is 35.9 Å². The van der Waals surface area contributed by atoms with Crippen LogP contribution in [0.25, 0.3) is 0 Å². The normalized spacial score (nSPS) is 15.1. The average Bonchev–Trinajstić information content (AvgIpc) is 3.22. The van der Waals surface area contributed by atoms with E-state index in [4.69, 9.17) is 14.2 Å². The Balaban J connectivity index is 1.69. The highest BCUT2D eigenvalue weighted by Crippen LogP contribution is 2.39. The third-order valence-electron chi connectivity index (χ3n) is 4.81. The molecule has 2 aromatic rings. The Kier molecular flexibility index (Phi) is 7.16. The van der Waals surface area contributed by atoms with Crippen LogP contribution in [0.2, 0.25) is 0 Å². The number of imidazole rings is 1. The van der Waals surface area contributed by atoms with Crippen molar-refractivity contribution < 1.29 is 23.8 Å². The second-order valence-corrected chi connectivity index (χ2v) is 6.81. The van der Waals surface area contributed by atoms with E-state index in [0.717, 1.165) is 12.2 Å². The molecule has 0 saturated carbocycles. The quantitative estimate of drug-likeness (QED) is 0.639. The maximum atomic E-state index is 12.7. The van der Waals surface area contributed by atoms with E-state index in [2.05, 4.69) is 15.8 Å². The Labute approximate surface area is 175 Å². The molecule has 1 atom stereocenters. The van der Waals surface area contributed by atoms with Gasteiger partial charge in [0.1, 0.15) is 0 Å². The van der Waals surface area contributed by atoms with Crippen LogP contribution in [0.15, 0.2) is 24.7 Å². The summed E-state index contributed by atoms with van der Waals surface area (Å²) in [4.78, 5) is 29.3. The largest absolute Gasteiger partial charge is 0.490 e. The highest BCUT2D eigenvalue weighted by Gasteiger charge is 2.25. The summed E-state index contributed by atoms with van der Waals surface area (Å²) in [5.74, 6) is 0.393. The van der Waals surface area contributed by atoms with Gasteiger partial charge in [0, 0.05) is 36.3 Å². The van der Waals surface area contributed by atoms with E-state index in [1.165, 1.54) is 0 Å². The number of amides is 2. The Morgan fingerprint density at radius 3 is 2.37 bits per heavy atom. The highest BCUT2D eigenvalue weighted by atomic mass is 16.5. The molecule has 30 heavy (non-hydrogen) atoms. The van der Waals surface area contributed by atoms with Gasteiger partial charge in [0.25, 0.3) is 5.91 Å². The zero-order valence-corrected chi connectivity index (χ0v) is 17.6. The second kappa shape index (κ2) is 10.00. The first-order chi connectivity index (χ1) is 14.6. The van der Waals surface area contributed by atoms with Gasteiger partial charge in [-0.05, 0) is 39.3 Å². The predicted octanol–water partition coefficient (Wildman–Crippen LogP) is 2.10. The Hall–Kier alpha value is -3.23. The van der Waals surface area contributed by atoms with Gasteiger partial charge < -0.3 is 18.8 Å². The molecule has 2 heterocycles. The summed E-state index contributed by atoms with van der Waals surface area (Å²) in [6.45, 7) is 7.54. The number of ether oxygens (including phenoxy) is 3. The van der Waals surface area contributed by atoms with Crippen molar-refractivity contribution >= 4 is 11.8 Å². The van der Waals surface area contributed by atoms with E-state index in [0.29, 0.717) is 55.5 Å². The van der Waals surface area contributed by atoms with Crippen LogP contribution in [0.5, 0.6) is 17.2 Å². The number of aryl methyl sites for hydroxylation is 1. The van der Waals surface area contributed by atoms with Crippen LogP contribution in [-0.2, 0) is 17.8 Å². The van der Waals surface area contributed by atoms with Crippen molar-refractivity contribution in [3.63, 3.8) is 0 Å². The van der Waals surface area contributed by atoms with Gasteiger partial charge in [0.05, 0.1) is 26.1 Å². The summed E-state index contributed by atoms with van der Waals surface area (Å²) >= 11 is 0. The van der Waals surface area contributed by atoms with Gasteiger partial charge >= 0.3 is 0 Å². The van der Waals surface area contributed by atoms with Crippen molar-refractivity contribution in [3.8, 4) is 17.2 Å². The molecule has 1 unspecified atom stereocenters. The number of aromatic nitrogens is 2. The van der Waals surface area contributed by atoms with Crippen LogP contribution < -0.4 is 25.1 Å². The first-order valence-electron chi connectivity index (χ1n) is 10.2. The number of carbonyl (C=O) groups excluding carboxylic acids is 2. The molecule has 1 aromatic heterocycles. The lowest BCUT2D eigenvalue weighted by molar-refractivity contribution is -0.126. The van der Waals surface area contributed by atoms with Gasteiger partial charge in [-0.2, -0.15) is 0 Å². The SMILES string of the molecule is CCOc1cc(C(=O)NNC(=O)C2CCn3cncc3C2)cc(OCC)c1OCC. The van der Waals surface area contributed by atoms with E-state index in [-0.39, 0.29) is 11.8 Å². The number of benzene rings is 1. The van der Waals surface area contributed by atoms with Gasteiger partial charge in [0.15, 0.2) is 11.5 Å². The minimum Gasteiger partial charge on any atom is -0.490 e. The third-order valence-corrected chi connectivity index (χ3v) is 4.81. The zero-order chi connectivity index (χ0) is 21.5. The monoisotopic (exact) mass is 416 g/mol. The van der Waals surface area contributed by atoms with Crippen molar-refractivity contribution in [1.29, 1.82) is 0 Å². The van der Waals surface area contributed by atoms with Crippen molar-refractivity contribution in [1.82, 2.24) is 20.4 Å². The second-order valence-electron chi connectivity index (χ2n) is 6.81. The fourth-order valence-corrected chi connectivity index (χ4v) is 3.41. The van der Waals surface area contributed by atoms with E-state index in [9.17, 15) is 9.59 Å². The lowest BCUT2D eigenvalue weighted by Crippen LogP contribution is -2.46. The van der Waals surface area contributed by atoms with Gasteiger partial charge in [-0.1, -0.05) is 0 Å². The van der Waals surface area contributed by atoms with Crippen LogP contribution in [0.4, 0.5) is 0 Å². The number of nitrogens with one attached hydrogen (secondary N) is 2. The number of rotatable bonds is 8. The Morgan fingerprint density at radius 1 is 1.07 bits per heavy atom. The predicted molar refractivity (Wildman–Crippen MR) is 110 cm³/mol. The van der Waals surface area contributed by atoms with Gasteiger partial charge in [0.2, 0.25) is 11.7 Å². The molecule has 2 amide bonds. The molecule has 9 nitrogen and oxygen atoms in total. The van der Waals surface area contributed by atoms with E-state index < -0.39 is 5.91 Å². The molecule has 1 aromatic carbocycles. The lowest BCUT2D eigenvalue weighted by atomic mass is 9.96. The Bertz CT molecular complexity index is 868. The van der Waals surface area contributed by atoms with Crippen molar-refractivity contribution in [2.24, 2.45) is 5.92 Å². The first kappa shape index (κ1) is 21.5. The molecule has 1 aliphatic heterocycles. The smallest absolute Gasteiger partial charge is 0.269 e. The van der Waals surface area contributed by atoms with Crippen LogP contribution in [0, 0.1) is 5.92 Å². The molecule has 1 aliphatic rings. The number of hydrazine groups is 1. The summed E-state index contributed by atoms with van der Waals surface area (Å²) in [6.07, 6.45) is 4.82. The summed E-state index contributed by atoms with van der Waals surface area (Å²) in [5.41, 5.74) is 6.34. The topological polar surface area (TPSA) is 104 Å². The molecule has 162 valence electrons. The molecular formula is C21H28N4O5. The molecule has 0 aliphatic carbocycles. The number of carbonyl (C=O) groups is 2. The van der Waals surface area contributed by atoms with Crippen LogP contribution >= 0.6 is 0 Å². The van der Waals surface area contributed by atoms with Crippen LogP contribution in [0.1, 0.15) is 43.2 Å². The number of hydrogen-bond acceptors (Lipinski definition) is 6. The van der Waals surface area contributed by atoms with Crippen LogP contribution in [0.3, 0.4) is 0 Å². The van der Waals surface area contributed by atoms with Gasteiger partial charge in [-0.3, -0.25) is 20.4 Å². The molecule has 0 bridgehead atoms. The molecule has 0 radical (unpaired) electrons. The standard InChI is InChI=1S/C21H28N4O5/c1-4-28-17-10-15(11-18(29-5-2)19(17)30-6-3)21(27)24-23-20(26)14-7-8-25-13-22-12-16(25)9-14/h10-14H,4-9H2,1-3H3,(H,23,26)(H,24,27). The number of hydrogen-bond donors (Lipinski definition) is 2. The summed E-state index contributed by atoms with van der Waals surface area (Å²) in [5, 5.41) is 0. The molecule has 3 rings (SSSR count). The summed E-state index contributed by atoms with van der Waals surface area (Å²) < 4.78 is 18.9. The van der Waals surface area contributed by atoms with Gasteiger partial charge in [-0.25, -0.2) is 4.98 Å². The fraction of sp³-hybridized carbons (Fsp3) is 0.476. The number of nitrogens with zero attached hydrogens (tertiary/aromatic N) is 2. The first-order valence-corrected chi connectivity index (χ1v) is 10.2. The Morgan fingerprint density at radius 2 is 1.73 bits per heavy atom. The molecule has 0 spiro atoms. The minimum atomic E-state index is -0.464. The third kappa shape index (κ3) is 4.84. The molecular weight excluding hydrogens is 388 g/mol. The van der Waals surface area contributed by atoms with Gasteiger partial charge in [-0.15, -0.1) is 0 Å². The molecule has 0 saturated heterocycles. The van der Waals surface area contributed by atoms with Crippen molar-refractivity contribution in [2.45, 2.75) is 40.2 Å². The van der Waals surface area contributed by atoms with Crippen molar-refractivity contribution in [2.75, 3.05) is 19.8 Å². The van der Waals surface area contributed by atoms with E-state index >= 15 is 0 Å². The highest BCUT2D eigenvalue weighted by molar-refractivity contribution is 5.96. The van der Waals surface area contributed by atoms with E-state index in [1.807, 2.05) is 25.3 Å². The maximum absolute atomic E-state index is 12.7. The molecule has 9 heteroatoms. The van der Waals surface area contributed by atoms with E-state index in [1.54, 1.807) is 24.7 Å². The fourth-order valence-electron chi connectivity index (χ4n) is 3.41.